The van der Waals surface area contributed by atoms with Gasteiger partial charge in [0.05, 0.1) is 12.1 Å². The maximum absolute atomic E-state index is 12.0. The Bertz CT molecular complexity index is 952. The van der Waals surface area contributed by atoms with E-state index in [0.717, 1.165) is 40.0 Å². The number of thiophene rings is 1. The first-order valence-corrected chi connectivity index (χ1v) is 9.73. The van der Waals surface area contributed by atoms with Crippen LogP contribution < -0.4 is 5.32 Å². The lowest BCUT2D eigenvalue weighted by Gasteiger charge is -2.10. The number of nitrogens with one attached hydrogen (secondary N) is 1. The number of esters is 1. The van der Waals surface area contributed by atoms with Crippen LogP contribution in [0, 0.1) is 6.92 Å². The lowest BCUT2D eigenvalue weighted by atomic mass is 10.1. The van der Waals surface area contributed by atoms with Gasteiger partial charge >= 0.3 is 5.97 Å². The Balaban J connectivity index is 1.84. The molecule has 6 nitrogen and oxygen atoms in total. The molecule has 142 valence electrons. The van der Waals surface area contributed by atoms with Crippen LogP contribution in [-0.2, 0) is 4.74 Å². The average molecular weight is 385 g/mol. The Labute approximate surface area is 163 Å². The van der Waals surface area contributed by atoms with Crippen molar-refractivity contribution in [1.82, 2.24) is 14.9 Å². The fraction of sp³-hybridized carbons (Fsp3) is 0.350. The number of ether oxygens (including phenoxy) is 1. The van der Waals surface area contributed by atoms with Crippen molar-refractivity contribution < 1.29 is 9.53 Å². The van der Waals surface area contributed by atoms with Crippen LogP contribution in [-0.4, -0.2) is 54.6 Å². The number of benzene rings is 1. The topological polar surface area (TPSA) is 67.3 Å². The van der Waals surface area contributed by atoms with Crippen molar-refractivity contribution in [1.29, 1.82) is 0 Å². The monoisotopic (exact) mass is 384 g/mol. The quantitative estimate of drug-likeness (QED) is 0.625. The van der Waals surface area contributed by atoms with Crippen LogP contribution in [0.4, 0.5) is 5.95 Å². The summed E-state index contributed by atoms with van der Waals surface area (Å²) in [5, 5.41) is 4.21. The molecule has 0 bridgehead atoms. The molecular weight excluding hydrogens is 360 g/mol. The molecule has 0 radical (unpaired) electrons. The highest BCUT2D eigenvalue weighted by Crippen LogP contribution is 2.34. The summed E-state index contributed by atoms with van der Waals surface area (Å²) in [5.41, 5.74) is 3.00. The summed E-state index contributed by atoms with van der Waals surface area (Å²) in [7, 11) is 4.06. The van der Waals surface area contributed by atoms with E-state index in [2.05, 4.69) is 26.3 Å². The smallest absolute Gasteiger partial charge is 0.348 e. The number of anilines is 1. The summed E-state index contributed by atoms with van der Waals surface area (Å²) < 4.78 is 5.10. The highest BCUT2D eigenvalue weighted by atomic mass is 32.1. The molecule has 2 aromatic heterocycles. The summed E-state index contributed by atoms with van der Waals surface area (Å²) in [5.74, 6) is 0.364. The van der Waals surface area contributed by atoms with E-state index in [0.29, 0.717) is 17.4 Å². The lowest BCUT2D eigenvalue weighted by Crippen LogP contribution is -2.21. The maximum Gasteiger partial charge on any atom is 0.348 e. The molecule has 1 aromatic carbocycles. The zero-order valence-electron chi connectivity index (χ0n) is 16.1. The minimum atomic E-state index is -0.269. The first kappa shape index (κ1) is 19.3. The molecule has 0 spiro atoms. The number of fused-ring (bicyclic) bond motifs is 1. The molecule has 0 atom stereocenters. The van der Waals surface area contributed by atoms with E-state index in [-0.39, 0.29) is 5.97 Å². The largest absolute Gasteiger partial charge is 0.462 e. The number of likely N-dealkylation sites (N-methyl/N-ethyl adjacent to an activating group) is 1. The Morgan fingerprint density at radius 3 is 2.85 bits per heavy atom. The molecule has 7 heteroatoms. The van der Waals surface area contributed by atoms with Gasteiger partial charge in [-0.15, -0.1) is 11.3 Å². The molecule has 0 amide bonds. The highest BCUT2D eigenvalue weighted by Gasteiger charge is 2.15. The molecule has 0 aliphatic carbocycles. The zero-order valence-corrected chi connectivity index (χ0v) is 16.9. The number of aromatic nitrogens is 2. The van der Waals surface area contributed by atoms with Crippen molar-refractivity contribution in [2.45, 2.75) is 13.8 Å². The van der Waals surface area contributed by atoms with Gasteiger partial charge in [0.2, 0.25) is 5.95 Å². The third-order valence-corrected chi connectivity index (χ3v) is 5.34. The minimum absolute atomic E-state index is 0.269. The Morgan fingerprint density at radius 2 is 2.11 bits per heavy atom. The predicted molar refractivity (Wildman–Crippen MR) is 111 cm³/mol. The van der Waals surface area contributed by atoms with Gasteiger partial charge < -0.3 is 15.0 Å². The van der Waals surface area contributed by atoms with Crippen molar-refractivity contribution in [2.75, 3.05) is 39.1 Å². The van der Waals surface area contributed by atoms with Crippen molar-refractivity contribution in [3.8, 4) is 10.4 Å². The zero-order chi connectivity index (χ0) is 19.4. The molecule has 1 N–H and O–H groups in total. The molecule has 2 heterocycles. The van der Waals surface area contributed by atoms with Gasteiger partial charge in [-0.2, -0.15) is 0 Å². The van der Waals surface area contributed by atoms with Gasteiger partial charge in [-0.25, -0.2) is 14.8 Å². The Kier molecular flexibility index (Phi) is 6.03. The molecule has 0 saturated carbocycles. The summed E-state index contributed by atoms with van der Waals surface area (Å²) in [4.78, 5) is 24.8. The standard InChI is InChI=1S/C20H24N4O2S/c1-5-26-19(25)17-10-13(2)18(27-17)14-6-7-16-15(11-14)12-22-20(23-16)21-8-9-24(3)4/h6-7,10-12H,5,8-9H2,1-4H3,(H,21,22,23). The Hall–Kier alpha value is -2.51. The molecular formula is C20H24N4O2S. The van der Waals surface area contributed by atoms with Gasteiger partial charge in [-0.05, 0) is 57.3 Å². The fourth-order valence-corrected chi connectivity index (χ4v) is 3.79. The van der Waals surface area contributed by atoms with Gasteiger partial charge in [-0.3, -0.25) is 0 Å². The van der Waals surface area contributed by atoms with Crippen LogP contribution in [0.15, 0.2) is 30.5 Å². The molecule has 27 heavy (non-hydrogen) atoms. The lowest BCUT2D eigenvalue weighted by molar-refractivity contribution is 0.0532. The fourth-order valence-electron chi connectivity index (χ4n) is 2.72. The minimum Gasteiger partial charge on any atom is -0.462 e. The number of nitrogens with zero attached hydrogens (tertiary/aromatic N) is 3. The van der Waals surface area contributed by atoms with E-state index in [4.69, 9.17) is 4.74 Å². The van der Waals surface area contributed by atoms with Crippen molar-refractivity contribution >= 4 is 34.2 Å². The van der Waals surface area contributed by atoms with Crippen molar-refractivity contribution in [3.63, 3.8) is 0 Å². The molecule has 0 aliphatic heterocycles. The van der Waals surface area contributed by atoms with Gasteiger partial charge in [0.1, 0.15) is 4.88 Å². The summed E-state index contributed by atoms with van der Waals surface area (Å²) >= 11 is 1.45. The van der Waals surface area contributed by atoms with Crippen LogP contribution in [0.25, 0.3) is 21.3 Å². The predicted octanol–water partition coefficient (Wildman–Crippen LogP) is 3.82. The normalized spacial score (nSPS) is 11.1. The van der Waals surface area contributed by atoms with Gasteiger partial charge in [0.15, 0.2) is 0 Å². The van der Waals surface area contributed by atoms with Gasteiger partial charge in [-0.1, -0.05) is 6.07 Å². The first-order valence-electron chi connectivity index (χ1n) is 8.91. The van der Waals surface area contributed by atoms with E-state index < -0.39 is 0 Å². The third kappa shape index (κ3) is 4.61. The number of hydrogen-bond acceptors (Lipinski definition) is 7. The van der Waals surface area contributed by atoms with Gasteiger partial charge in [0.25, 0.3) is 0 Å². The van der Waals surface area contributed by atoms with Crippen LogP contribution in [0.1, 0.15) is 22.2 Å². The van der Waals surface area contributed by atoms with E-state index in [1.165, 1.54) is 11.3 Å². The molecule has 0 aliphatic rings. The summed E-state index contributed by atoms with van der Waals surface area (Å²) in [6.07, 6.45) is 1.83. The van der Waals surface area contributed by atoms with Crippen molar-refractivity contribution in [3.05, 3.63) is 40.9 Å². The average Bonchev–Trinajstić information content (AvgIpc) is 3.03. The van der Waals surface area contributed by atoms with E-state index >= 15 is 0 Å². The molecule has 3 rings (SSSR count). The first-order chi connectivity index (χ1) is 13.0. The van der Waals surface area contributed by atoms with E-state index in [1.807, 2.05) is 52.3 Å². The summed E-state index contributed by atoms with van der Waals surface area (Å²) in [6.45, 7) is 5.91. The van der Waals surface area contributed by atoms with Crippen molar-refractivity contribution in [2.24, 2.45) is 0 Å². The summed E-state index contributed by atoms with van der Waals surface area (Å²) in [6, 6.07) is 7.97. The van der Waals surface area contributed by atoms with E-state index in [1.54, 1.807) is 0 Å². The maximum atomic E-state index is 12.0. The second kappa shape index (κ2) is 8.45. The van der Waals surface area contributed by atoms with Crippen LogP contribution in [0.5, 0.6) is 0 Å². The number of carbonyl (C=O) groups excluding carboxylic acids is 1. The molecule has 0 fully saturated rings. The van der Waals surface area contributed by atoms with Crippen LogP contribution >= 0.6 is 11.3 Å². The van der Waals surface area contributed by atoms with Crippen LogP contribution in [0.2, 0.25) is 0 Å². The SMILES string of the molecule is CCOC(=O)c1cc(C)c(-c2ccc3nc(NCCN(C)C)ncc3c2)s1. The second-order valence-corrected chi connectivity index (χ2v) is 7.59. The van der Waals surface area contributed by atoms with E-state index in [9.17, 15) is 4.79 Å². The third-order valence-electron chi connectivity index (χ3n) is 4.08. The Morgan fingerprint density at radius 1 is 1.30 bits per heavy atom. The number of hydrogen-bond donors (Lipinski definition) is 1. The number of carbonyl (C=O) groups is 1. The molecule has 0 unspecified atom stereocenters. The highest BCUT2D eigenvalue weighted by molar-refractivity contribution is 7.17. The number of rotatable bonds is 7. The molecule has 3 aromatic rings. The van der Waals surface area contributed by atoms with Crippen LogP contribution in [0.3, 0.4) is 0 Å². The number of aryl methyl sites for hydroxylation is 1. The van der Waals surface area contributed by atoms with Gasteiger partial charge in [0, 0.05) is 29.5 Å². The second-order valence-electron chi connectivity index (χ2n) is 6.54. The molecule has 0 saturated heterocycles.